The highest BCUT2D eigenvalue weighted by Gasteiger charge is 2.29. The van der Waals surface area contributed by atoms with Gasteiger partial charge in [-0.15, -0.1) is 5.10 Å². The van der Waals surface area contributed by atoms with E-state index in [2.05, 4.69) is 15.6 Å². The second-order valence-electron chi connectivity index (χ2n) is 5.04. The summed E-state index contributed by atoms with van der Waals surface area (Å²) in [7, 11) is 0. The van der Waals surface area contributed by atoms with E-state index >= 15 is 0 Å². The lowest BCUT2D eigenvalue weighted by atomic mass is 9.76. The monoisotopic (exact) mass is 260 g/mol. The van der Waals surface area contributed by atoms with Crippen LogP contribution in [0, 0.1) is 5.82 Å². The van der Waals surface area contributed by atoms with Gasteiger partial charge in [0, 0.05) is 18.8 Å². The van der Waals surface area contributed by atoms with Gasteiger partial charge in [0.05, 0.1) is 12.7 Å². The van der Waals surface area contributed by atoms with Crippen LogP contribution in [0.2, 0.25) is 0 Å². The highest BCUT2D eigenvalue weighted by Crippen LogP contribution is 2.36. The Bertz CT molecular complexity index is 503. The third-order valence-corrected chi connectivity index (χ3v) is 3.73. The summed E-state index contributed by atoms with van der Waals surface area (Å²) in [6.07, 6.45) is 5.81. The zero-order valence-electron chi connectivity index (χ0n) is 10.7. The summed E-state index contributed by atoms with van der Waals surface area (Å²) in [5.74, 6) is 0.412. The first-order valence-electron chi connectivity index (χ1n) is 6.64. The molecule has 5 heteroatoms. The Kier molecular flexibility index (Phi) is 3.55. The first kappa shape index (κ1) is 12.3. The van der Waals surface area contributed by atoms with Crippen molar-refractivity contribution in [3.8, 4) is 0 Å². The van der Waals surface area contributed by atoms with Gasteiger partial charge in [0.2, 0.25) is 0 Å². The van der Waals surface area contributed by atoms with Crippen LogP contribution in [-0.4, -0.2) is 27.6 Å². The van der Waals surface area contributed by atoms with Gasteiger partial charge in [-0.05, 0) is 36.5 Å². The number of rotatable bonds is 5. The second-order valence-corrected chi connectivity index (χ2v) is 5.04. The average molecular weight is 260 g/mol. The van der Waals surface area contributed by atoms with Crippen LogP contribution < -0.4 is 5.32 Å². The van der Waals surface area contributed by atoms with Crippen molar-refractivity contribution in [1.82, 2.24) is 20.3 Å². The van der Waals surface area contributed by atoms with Crippen molar-refractivity contribution in [2.75, 3.05) is 6.54 Å². The number of nitrogens with one attached hydrogen (secondary N) is 1. The Morgan fingerprint density at radius 3 is 2.74 bits per heavy atom. The predicted molar refractivity (Wildman–Crippen MR) is 70.2 cm³/mol. The van der Waals surface area contributed by atoms with Gasteiger partial charge in [0.1, 0.15) is 5.82 Å². The van der Waals surface area contributed by atoms with Crippen molar-refractivity contribution in [2.45, 2.75) is 31.3 Å². The fourth-order valence-corrected chi connectivity index (χ4v) is 2.53. The molecule has 1 aromatic carbocycles. The van der Waals surface area contributed by atoms with E-state index < -0.39 is 0 Å². The summed E-state index contributed by atoms with van der Waals surface area (Å²) in [6.45, 7) is 1.75. The highest BCUT2D eigenvalue weighted by atomic mass is 19.1. The van der Waals surface area contributed by atoms with E-state index in [4.69, 9.17) is 0 Å². The normalized spacial score (nSPS) is 22.2. The molecule has 1 aromatic heterocycles. The van der Waals surface area contributed by atoms with Crippen LogP contribution >= 0.6 is 0 Å². The molecule has 0 unspecified atom stereocenters. The lowest BCUT2D eigenvalue weighted by Crippen LogP contribution is -2.41. The molecule has 0 aliphatic heterocycles. The smallest absolute Gasteiger partial charge is 0.123 e. The van der Waals surface area contributed by atoms with E-state index in [9.17, 15) is 4.39 Å². The Hall–Kier alpha value is -1.75. The third kappa shape index (κ3) is 2.98. The van der Waals surface area contributed by atoms with E-state index in [0.717, 1.165) is 25.9 Å². The number of halogens is 1. The van der Waals surface area contributed by atoms with Crippen molar-refractivity contribution >= 4 is 0 Å². The van der Waals surface area contributed by atoms with Gasteiger partial charge in [0.15, 0.2) is 0 Å². The van der Waals surface area contributed by atoms with E-state index in [1.54, 1.807) is 18.3 Å². The predicted octanol–water partition coefficient (Wildman–Crippen LogP) is 1.95. The van der Waals surface area contributed by atoms with Gasteiger partial charge in [-0.1, -0.05) is 17.3 Å². The summed E-state index contributed by atoms with van der Waals surface area (Å²) in [5, 5.41) is 11.2. The molecule has 1 saturated carbocycles. The van der Waals surface area contributed by atoms with Crippen LogP contribution in [0.15, 0.2) is 36.7 Å². The van der Waals surface area contributed by atoms with Crippen LogP contribution in [0.5, 0.6) is 0 Å². The maximum Gasteiger partial charge on any atom is 0.123 e. The lowest BCUT2D eigenvalue weighted by Gasteiger charge is -2.36. The van der Waals surface area contributed by atoms with E-state index in [-0.39, 0.29) is 5.82 Å². The number of benzene rings is 1. The zero-order valence-corrected chi connectivity index (χ0v) is 10.7. The van der Waals surface area contributed by atoms with Gasteiger partial charge in [-0.2, -0.15) is 0 Å². The third-order valence-electron chi connectivity index (χ3n) is 3.73. The highest BCUT2D eigenvalue weighted by molar-refractivity contribution is 5.23. The summed E-state index contributed by atoms with van der Waals surface area (Å²) in [4.78, 5) is 0. The Morgan fingerprint density at radius 1 is 1.26 bits per heavy atom. The van der Waals surface area contributed by atoms with E-state index in [0.29, 0.717) is 12.0 Å². The first-order chi connectivity index (χ1) is 9.31. The van der Waals surface area contributed by atoms with Crippen LogP contribution in [0.4, 0.5) is 4.39 Å². The first-order valence-corrected chi connectivity index (χ1v) is 6.64. The molecule has 1 aliphatic rings. The number of hydrogen-bond donors (Lipinski definition) is 1. The molecule has 19 heavy (non-hydrogen) atoms. The summed E-state index contributed by atoms with van der Waals surface area (Å²) in [6, 6.07) is 7.44. The molecule has 0 radical (unpaired) electrons. The molecule has 3 rings (SSSR count). The molecule has 0 atom stereocenters. The van der Waals surface area contributed by atoms with Crippen molar-refractivity contribution in [2.24, 2.45) is 0 Å². The van der Waals surface area contributed by atoms with Gasteiger partial charge in [0.25, 0.3) is 0 Å². The largest absolute Gasteiger partial charge is 0.312 e. The molecule has 0 bridgehead atoms. The van der Waals surface area contributed by atoms with Crippen molar-refractivity contribution in [3.63, 3.8) is 0 Å². The molecule has 1 heterocycles. The van der Waals surface area contributed by atoms with E-state index in [1.807, 2.05) is 23.0 Å². The van der Waals surface area contributed by atoms with Gasteiger partial charge >= 0.3 is 0 Å². The molecule has 0 saturated heterocycles. The maximum atomic E-state index is 12.8. The molecule has 0 spiro atoms. The summed E-state index contributed by atoms with van der Waals surface area (Å²) >= 11 is 0. The lowest BCUT2D eigenvalue weighted by molar-refractivity contribution is 0.286. The summed E-state index contributed by atoms with van der Waals surface area (Å²) in [5.41, 5.74) is 1.25. The molecule has 2 aromatic rings. The average Bonchev–Trinajstić information content (AvgIpc) is 2.87. The minimum Gasteiger partial charge on any atom is -0.312 e. The van der Waals surface area contributed by atoms with Crippen LogP contribution in [-0.2, 0) is 6.54 Å². The second kappa shape index (κ2) is 5.48. The number of hydrogen-bond acceptors (Lipinski definition) is 3. The fourth-order valence-electron chi connectivity index (χ4n) is 2.53. The standard InChI is InChI=1S/C14H17FN4/c15-13-3-1-11(2-4-13)12-9-14(10-12)16-5-7-19-8-6-17-18-19/h1-4,6,8,12,14,16H,5,7,9-10H2. The molecule has 1 N–H and O–H groups in total. The maximum absolute atomic E-state index is 12.8. The van der Waals surface area contributed by atoms with Gasteiger partial charge in [-0.25, -0.2) is 4.39 Å². The molecule has 1 fully saturated rings. The quantitative estimate of drug-likeness (QED) is 0.893. The van der Waals surface area contributed by atoms with Crippen LogP contribution in [0.3, 0.4) is 0 Å². The minimum atomic E-state index is -0.161. The zero-order chi connectivity index (χ0) is 13.1. The minimum absolute atomic E-state index is 0.161. The molecule has 4 nitrogen and oxygen atoms in total. The van der Waals surface area contributed by atoms with Crippen molar-refractivity contribution < 1.29 is 4.39 Å². The SMILES string of the molecule is Fc1ccc(C2CC(NCCn3ccnn3)C2)cc1. The molecule has 0 amide bonds. The number of aromatic nitrogens is 3. The van der Waals surface area contributed by atoms with Crippen LogP contribution in [0.1, 0.15) is 24.3 Å². The van der Waals surface area contributed by atoms with Gasteiger partial charge < -0.3 is 5.32 Å². The Morgan fingerprint density at radius 2 is 2.05 bits per heavy atom. The van der Waals surface area contributed by atoms with Gasteiger partial charge in [-0.3, -0.25) is 4.68 Å². The molecule has 1 aliphatic carbocycles. The fraction of sp³-hybridized carbons (Fsp3) is 0.429. The number of nitrogens with zero attached hydrogens (tertiary/aromatic N) is 3. The summed E-state index contributed by atoms with van der Waals surface area (Å²) < 4.78 is 14.6. The topological polar surface area (TPSA) is 42.7 Å². The van der Waals surface area contributed by atoms with Crippen molar-refractivity contribution in [3.05, 3.63) is 48.0 Å². The molecule has 100 valence electrons. The molecular formula is C14H17FN4. The molecular weight excluding hydrogens is 243 g/mol. The van der Waals surface area contributed by atoms with E-state index in [1.165, 1.54) is 5.56 Å². The Labute approximate surface area is 111 Å². The Balaban J connectivity index is 1.39. The van der Waals surface area contributed by atoms with Crippen molar-refractivity contribution in [1.29, 1.82) is 0 Å². The van der Waals surface area contributed by atoms with Crippen LogP contribution in [0.25, 0.3) is 0 Å².